The van der Waals surface area contributed by atoms with Crippen molar-refractivity contribution >= 4 is 46.9 Å². The van der Waals surface area contributed by atoms with Crippen LogP contribution in [0.2, 0.25) is 5.02 Å². The minimum Gasteiger partial charge on any atom is -0.366 e. The predicted molar refractivity (Wildman–Crippen MR) is 111 cm³/mol. The molecule has 0 spiro atoms. The van der Waals surface area contributed by atoms with E-state index >= 15 is 0 Å². The summed E-state index contributed by atoms with van der Waals surface area (Å²) in [4.78, 5) is 61.4. The van der Waals surface area contributed by atoms with E-state index in [2.05, 4.69) is 10.6 Å². The molecule has 3 rings (SSSR count). The lowest BCUT2D eigenvalue weighted by molar-refractivity contribution is -0.133. The number of benzene rings is 2. The van der Waals surface area contributed by atoms with E-state index < -0.39 is 41.7 Å². The highest BCUT2D eigenvalue weighted by atomic mass is 35.5. The molecule has 2 aromatic rings. The van der Waals surface area contributed by atoms with Crippen LogP contribution in [0.4, 0.5) is 10.5 Å². The number of nitrogens with zero attached hydrogens (tertiary/aromatic N) is 1. The molecule has 11 heteroatoms. The SMILES string of the molecule is C[C@@]1(c2ccc(Cl)cc2)NC(=O)N(CC(=O)Nc2cc(C(N)=O)cc(C(N)=O)c2)C1=O. The van der Waals surface area contributed by atoms with Gasteiger partial charge in [0.1, 0.15) is 12.1 Å². The van der Waals surface area contributed by atoms with Crippen molar-refractivity contribution < 1.29 is 24.0 Å². The summed E-state index contributed by atoms with van der Waals surface area (Å²) in [7, 11) is 0. The van der Waals surface area contributed by atoms with E-state index in [9.17, 15) is 24.0 Å². The Morgan fingerprint density at radius 1 is 1.03 bits per heavy atom. The number of carbonyl (C=O) groups is 5. The second kappa shape index (κ2) is 8.07. The molecule has 1 aliphatic heterocycles. The number of primary amides is 2. The highest BCUT2D eigenvalue weighted by Gasteiger charge is 2.49. The van der Waals surface area contributed by atoms with E-state index in [4.69, 9.17) is 23.1 Å². The summed E-state index contributed by atoms with van der Waals surface area (Å²) in [6.45, 7) is 0.921. The topological polar surface area (TPSA) is 165 Å². The van der Waals surface area contributed by atoms with Crippen molar-refractivity contribution in [2.75, 3.05) is 11.9 Å². The number of nitrogens with two attached hydrogens (primary N) is 2. The number of carbonyl (C=O) groups excluding carboxylic acids is 5. The van der Waals surface area contributed by atoms with Crippen molar-refractivity contribution in [2.24, 2.45) is 11.5 Å². The highest BCUT2D eigenvalue weighted by Crippen LogP contribution is 2.29. The summed E-state index contributed by atoms with van der Waals surface area (Å²) in [5.41, 5.74) is 9.55. The number of rotatable bonds is 6. The lowest BCUT2D eigenvalue weighted by Crippen LogP contribution is -2.42. The Labute approximate surface area is 181 Å². The molecule has 0 radical (unpaired) electrons. The Bertz CT molecular complexity index is 1090. The molecule has 0 aliphatic carbocycles. The minimum atomic E-state index is -1.37. The maximum atomic E-state index is 12.9. The van der Waals surface area contributed by atoms with Crippen molar-refractivity contribution in [1.29, 1.82) is 0 Å². The molecule has 1 atom stereocenters. The second-order valence-electron chi connectivity index (χ2n) is 7.03. The van der Waals surface area contributed by atoms with Gasteiger partial charge in [0, 0.05) is 21.8 Å². The Balaban J connectivity index is 1.79. The average molecular weight is 444 g/mol. The third kappa shape index (κ3) is 4.33. The van der Waals surface area contributed by atoms with Crippen LogP contribution in [0.3, 0.4) is 0 Å². The number of urea groups is 1. The molecule has 31 heavy (non-hydrogen) atoms. The van der Waals surface area contributed by atoms with Gasteiger partial charge in [-0.15, -0.1) is 0 Å². The van der Waals surface area contributed by atoms with Gasteiger partial charge in [-0.3, -0.25) is 24.1 Å². The predicted octanol–water partition coefficient (Wildman–Crippen LogP) is 0.943. The largest absolute Gasteiger partial charge is 0.366 e. The number of hydrogen-bond donors (Lipinski definition) is 4. The number of anilines is 1. The maximum absolute atomic E-state index is 12.9. The molecule has 1 saturated heterocycles. The van der Waals surface area contributed by atoms with E-state index in [1.165, 1.54) is 25.1 Å². The first-order chi connectivity index (χ1) is 14.5. The molecule has 6 N–H and O–H groups in total. The first-order valence-corrected chi connectivity index (χ1v) is 9.34. The summed E-state index contributed by atoms with van der Waals surface area (Å²) in [5, 5.41) is 5.47. The third-order valence-corrected chi connectivity index (χ3v) is 5.04. The highest BCUT2D eigenvalue weighted by molar-refractivity contribution is 6.30. The van der Waals surface area contributed by atoms with E-state index in [-0.39, 0.29) is 16.8 Å². The van der Waals surface area contributed by atoms with E-state index in [1.54, 1.807) is 24.3 Å². The molecule has 160 valence electrons. The Morgan fingerprint density at radius 2 is 1.58 bits per heavy atom. The van der Waals surface area contributed by atoms with Crippen LogP contribution in [0, 0.1) is 0 Å². The molecule has 0 aromatic heterocycles. The van der Waals surface area contributed by atoms with Gasteiger partial charge in [0.25, 0.3) is 5.91 Å². The molecule has 2 aromatic carbocycles. The van der Waals surface area contributed by atoms with Crippen molar-refractivity contribution in [1.82, 2.24) is 10.2 Å². The van der Waals surface area contributed by atoms with Crippen molar-refractivity contribution in [3.63, 3.8) is 0 Å². The van der Waals surface area contributed by atoms with Gasteiger partial charge >= 0.3 is 6.03 Å². The van der Waals surface area contributed by atoms with Crippen LogP contribution < -0.4 is 22.1 Å². The summed E-state index contributed by atoms with van der Waals surface area (Å²) in [6.07, 6.45) is 0. The lowest BCUT2D eigenvalue weighted by Gasteiger charge is -2.22. The average Bonchev–Trinajstić information content (AvgIpc) is 2.92. The fourth-order valence-electron chi connectivity index (χ4n) is 3.15. The zero-order valence-electron chi connectivity index (χ0n) is 16.3. The van der Waals surface area contributed by atoms with Crippen LogP contribution >= 0.6 is 11.6 Å². The van der Waals surface area contributed by atoms with Crippen LogP contribution in [0.1, 0.15) is 33.2 Å². The van der Waals surface area contributed by atoms with Crippen LogP contribution in [0.25, 0.3) is 0 Å². The van der Waals surface area contributed by atoms with Gasteiger partial charge in [-0.1, -0.05) is 23.7 Å². The maximum Gasteiger partial charge on any atom is 0.325 e. The van der Waals surface area contributed by atoms with Gasteiger partial charge in [-0.05, 0) is 42.8 Å². The summed E-state index contributed by atoms with van der Waals surface area (Å²) < 4.78 is 0. The zero-order valence-corrected chi connectivity index (χ0v) is 17.0. The summed E-state index contributed by atoms with van der Waals surface area (Å²) in [6, 6.07) is 9.30. The first-order valence-electron chi connectivity index (χ1n) is 8.96. The van der Waals surface area contributed by atoms with E-state index in [1.807, 2.05) is 0 Å². The molecule has 0 bridgehead atoms. The lowest BCUT2D eigenvalue weighted by atomic mass is 9.92. The normalized spacial score (nSPS) is 17.9. The molecule has 1 heterocycles. The Kier molecular flexibility index (Phi) is 5.67. The van der Waals surface area contributed by atoms with Gasteiger partial charge in [0.05, 0.1) is 0 Å². The molecule has 1 aliphatic rings. The van der Waals surface area contributed by atoms with Crippen LogP contribution in [-0.2, 0) is 15.1 Å². The van der Waals surface area contributed by atoms with Gasteiger partial charge in [0.15, 0.2) is 0 Å². The van der Waals surface area contributed by atoms with Crippen LogP contribution in [0.5, 0.6) is 0 Å². The van der Waals surface area contributed by atoms with Crippen molar-refractivity contribution in [3.8, 4) is 0 Å². The van der Waals surface area contributed by atoms with E-state index in [0.29, 0.717) is 10.6 Å². The molecule has 0 saturated carbocycles. The summed E-state index contributed by atoms with van der Waals surface area (Å²) >= 11 is 5.87. The van der Waals surface area contributed by atoms with E-state index in [0.717, 1.165) is 4.90 Å². The smallest absolute Gasteiger partial charge is 0.325 e. The first kappa shape index (κ1) is 21.8. The fraction of sp³-hybridized carbons (Fsp3) is 0.150. The van der Waals surface area contributed by atoms with Crippen molar-refractivity contribution in [2.45, 2.75) is 12.5 Å². The molecular weight excluding hydrogens is 426 g/mol. The zero-order chi connectivity index (χ0) is 22.9. The Morgan fingerprint density at radius 3 is 2.10 bits per heavy atom. The number of halogens is 1. The Hall–Kier alpha value is -3.92. The number of nitrogens with one attached hydrogen (secondary N) is 2. The molecule has 10 nitrogen and oxygen atoms in total. The summed E-state index contributed by atoms with van der Waals surface area (Å²) in [5.74, 6) is -3.02. The standard InChI is InChI=1S/C20H18ClN5O5/c1-20(12-2-4-13(21)5-3-12)18(30)26(19(31)25-20)9-15(27)24-14-7-10(16(22)28)6-11(8-14)17(23)29/h2-8H,9H2,1H3,(H2,22,28)(H2,23,29)(H,24,27)(H,25,31)/t20-/m0/s1. The number of hydrogen-bond acceptors (Lipinski definition) is 5. The molecule has 1 fully saturated rings. The van der Waals surface area contributed by atoms with Crippen LogP contribution in [-0.4, -0.2) is 41.1 Å². The monoisotopic (exact) mass is 443 g/mol. The third-order valence-electron chi connectivity index (χ3n) is 4.78. The quantitative estimate of drug-likeness (QED) is 0.487. The molecule has 6 amide bonds. The van der Waals surface area contributed by atoms with Crippen molar-refractivity contribution in [3.05, 3.63) is 64.2 Å². The minimum absolute atomic E-state index is 0.0445. The fourth-order valence-corrected chi connectivity index (χ4v) is 3.27. The van der Waals surface area contributed by atoms with Gasteiger partial charge in [-0.2, -0.15) is 0 Å². The second-order valence-corrected chi connectivity index (χ2v) is 7.47. The van der Waals surface area contributed by atoms with Gasteiger partial charge in [-0.25, -0.2) is 4.79 Å². The molecular formula is C20H18ClN5O5. The van der Waals surface area contributed by atoms with Gasteiger partial charge in [0.2, 0.25) is 17.7 Å². The van der Waals surface area contributed by atoms with Crippen LogP contribution in [0.15, 0.2) is 42.5 Å². The van der Waals surface area contributed by atoms with Gasteiger partial charge < -0.3 is 22.1 Å². The molecule has 0 unspecified atom stereocenters. The number of imide groups is 1. The number of amides is 6.